The number of benzene rings is 2. The summed E-state index contributed by atoms with van der Waals surface area (Å²) in [4.78, 5) is 0. The Hall–Kier alpha value is -1.55. The highest BCUT2D eigenvalue weighted by Gasteiger charge is 2.52. The zero-order valence-corrected chi connectivity index (χ0v) is 21.3. The van der Waals surface area contributed by atoms with Gasteiger partial charge in [-0.1, -0.05) is 63.1 Å². The normalized spacial score (nSPS) is 13.4. The maximum Gasteiger partial charge on any atom is 0.402 e. The van der Waals surface area contributed by atoms with E-state index in [1.54, 1.807) is 12.1 Å². The van der Waals surface area contributed by atoms with Crippen LogP contribution in [0.1, 0.15) is 50.7 Å². The Labute approximate surface area is 204 Å². The van der Waals surface area contributed by atoms with E-state index in [4.69, 9.17) is 9.29 Å². The number of hydrogen-bond acceptors (Lipinski definition) is 3. The van der Waals surface area contributed by atoms with Gasteiger partial charge in [0.1, 0.15) is 17.3 Å². The van der Waals surface area contributed by atoms with Crippen molar-refractivity contribution in [2.75, 3.05) is 18.1 Å². The van der Waals surface area contributed by atoms with Gasteiger partial charge in [0.25, 0.3) is 0 Å². The number of halogens is 3. The molecule has 2 aromatic rings. The number of ether oxygens (including phenoxy) is 1. The molecule has 34 heavy (non-hydrogen) atoms. The van der Waals surface area contributed by atoms with Crippen molar-refractivity contribution in [1.82, 2.24) is 0 Å². The van der Waals surface area contributed by atoms with Gasteiger partial charge in [-0.2, -0.15) is 17.2 Å². The zero-order chi connectivity index (χ0) is 25.2. The first-order chi connectivity index (χ1) is 16.1. The van der Waals surface area contributed by atoms with E-state index >= 15 is 0 Å². The average Bonchev–Trinajstić information content (AvgIpc) is 2.80. The van der Waals surface area contributed by atoms with Gasteiger partial charge in [-0.05, 0) is 52.6 Å². The highest BCUT2D eigenvalue weighted by Crippen LogP contribution is 2.28. The predicted molar refractivity (Wildman–Crippen MR) is 134 cm³/mol. The molecule has 0 aromatic heterocycles. The summed E-state index contributed by atoms with van der Waals surface area (Å²) in [6.07, 6.45) is 1.70. The molecule has 0 fully saturated rings. The fourth-order valence-electron chi connectivity index (χ4n) is 3.40. The van der Waals surface area contributed by atoms with Crippen LogP contribution in [-0.2, 0) is 38.1 Å². The molecule has 4 nitrogen and oxygen atoms in total. The van der Waals surface area contributed by atoms with Crippen LogP contribution >= 0.6 is 0 Å². The summed E-state index contributed by atoms with van der Waals surface area (Å²) in [5.41, 5.74) is 3.86. The highest BCUT2D eigenvalue weighted by atomic mass is 32.2. The topological polar surface area (TPSA) is 63.6 Å². The first kappa shape index (κ1) is 28.7. The maximum absolute atomic E-state index is 13.6. The van der Waals surface area contributed by atoms with Crippen LogP contribution in [-0.4, -0.2) is 42.5 Å². The minimum absolute atomic E-state index is 0.174. The van der Waals surface area contributed by atoms with Gasteiger partial charge in [-0.3, -0.25) is 4.55 Å². The molecule has 0 saturated heterocycles. The molecule has 2 rings (SSSR count). The van der Waals surface area contributed by atoms with Crippen molar-refractivity contribution >= 4 is 21.0 Å². The molecule has 190 valence electrons. The number of rotatable bonds is 15. The van der Waals surface area contributed by atoms with E-state index in [2.05, 4.69) is 26.0 Å². The first-order valence-corrected chi connectivity index (χ1v) is 14.6. The van der Waals surface area contributed by atoms with Gasteiger partial charge in [-0.15, -0.1) is 0 Å². The van der Waals surface area contributed by atoms with Crippen molar-refractivity contribution in [1.29, 1.82) is 0 Å². The summed E-state index contributed by atoms with van der Waals surface area (Å²) >= 11 is 0. The van der Waals surface area contributed by atoms with Crippen molar-refractivity contribution in [2.24, 2.45) is 0 Å². The van der Waals surface area contributed by atoms with Crippen molar-refractivity contribution in [3.8, 4) is 11.1 Å². The molecule has 0 heterocycles. The lowest BCUT2D eigenvalue weighted by Crippen LogP contribution is -2.41. The second-order valence-corrected chi connectivity index (χ2v) is 12.1. The van der Waals surface area contributed by atoms with Crippen LogP contribution in [0.25, 0.3) is 11.1 Å². The summed E-state index contributed by atoms with van der Waals surface area (Å²) < 4.78 is 75.0. The van der Waals surface area contributed by atoms with E-state index in [0.29, 0.717) is 16.5 Å². The minimum Gasteiger partial charge on any atom is -0.373 e. The van der Waals surface area contributed by atoms with E-state index in [1.165, 1.54) is 42.8 Å². The Morgan fingerprint density at radius 3 is 2.03 bits per heavy atom. The molecule has 0 amide bonds. The third kappa shape index (κ3) is 8.59. The van der Waals surface area contributed by atoms with Crippen molar-refractivity contribution in [2.45, 2.75) is 63.3 Å². The fourth-order valence-corrected chi connectivity index (χ4v) is 6.33. The highest BCUT2D eigenvalue weighted by molar-refractivity contribution is 7.96. The molecular formula is C25H34F3O4S2+. The molecule has 9 heteroatoms. The maximum atomic E-state index is 13.6. The number of alkyl halides is 3. The summed E-state index contributed by atoms with van der Waals surface area (Å²) in [6.45, 7) is 3.09. The summed E-state index contributed by atoms with van der Waals surface area (Å²) in [5, 5.41) is -4.91. The lowest BCUT2D eigenvalue weighted by atomic mass is 10.0. The second kappa shape index (κ2) is 13.5. The van der Waals surface area contributed by atoms with E-state index in [9.17, 15) is 21.6 Å². The Kier molecular flexibility index (Phi) is 11.4. The molecule has 0 saturated carbocycles. The lowest BCUT2D eigenvalue weighted by molar-refractivity contribution is -0.0485. The monoisotopic (exact) mass is 519 g/mol. The van der Waals surface area contributed by atoms with Gasteiger partial charge in [0.2, 0.25) is 6.17 Å². The molecule has 0 aliphatic rings. The molecule has 1 N–H and O–H groups in total. The molecule has 0 spiro atoms. The van der Waals surface area contributed by atoms with Crippen LogP contribution in [0.4, 0.5) is 13.2 Å². The smallest absolute Gasteiger partial charge is 0.373 e. The van der Waals surface area contributed by atoms with E-state index < -0.39 is 28.2 Å². The molecule has 0 aliphatic carbocycles. The van der Waals surface area contributed by atoms with Crippen LogP contribution in [0.3, 0.4) is 0 Å². The van der Waals surface area contributed by atoms with E-state index in [-0.39, 0.29) is 6.61 Å². The molecule has 0 bridgehead atoms. The molecule has 0 radical (unpaired) electrons. The Morgan fingerprint density at radius 2 is 1.50 bits per heavy atom. The third-order valence-corrected chi connectivity index (χ3v) is 8.79. The lowest BCUT2D eigenvalue weighted by Gasteiger charge is -2.17. The van der Waals surface area contributed by atoms with Crippen LogP contribution in [0.15, 0.2) is 48.5 Å². The standard InChI is InChI=1S/C25H33F3O4S2/c1-3-5-13-33(14-6-4-2)19-21-10-8-12-23(16-21)22-11-7-9-20(15-22)17-32-18-24(26)25(27,28)34(29,30)31/h7-12,15-16,24H,3-6,13-14,17-19H2,1-2H3/p+1. The third-order valence-electron chi connectivity index (χ3n) is 5.37. The Bertz CT molecular complexity index is 991. The first-order valence-electron chi connectivity index (χ1n) is 11.5. The predicted octanol–water partition coefficient (Wildman–Crippen LogP) is 6.41. The Balaban J connectivity index is 2.05. The Morgan fingerprint density at radius 1 is 0.971 bits per heavy atom. The zero-order valence-electron chi connectivity index (χ0n) is 19.7. The summed E-state index contributed by atoms with van der Waals surface area (Å²) in [5.74, 6) is 3.55. The fraction of sp³-hybridized carbons (Fsp3) is 0.520. The van der Waals surface area contributed by atoms with Crippen molar-refractivity contribution < 1.29 is 30.9 Å². The van der Waals surface area contributed by atoms with Crippen molar-refractivity contribution in [3.05, 3.63) is 59.7 Å². The molecule has 2 aromatic carbocycles. The van der Waals surface area contributed by atoms with Gasteiger partial charge in [0.05, 0.1) is 13.2 Å². The van der Waals surface area contributed by atoms with Gasteiger partial charge >= 0.3 is 15.4 Å². The van der Waals surface area contributed by atoms with Gasteiger partial charge in [0, 0.05) is 5.56 Å². The molecular weight excluding hydrogens is 485 g/mol. The number of hydrogen-bond donors (Lipinski definition) is 1. The largest absolute Gasteiger partial charge is 0.402 e. The van der Waals surface area contributed by atoms with Crippen LogP contribution in [0.5, 0.6) is 0 Å². The van der Waals surface area contributed by atoms with E-state index in [1.807, 2.05) is 24.3 Å². The van der Waals surface area contributed by atoms with Crippen LogP contribution in [0.2, 0.25) is 0 Å². The van der Waals surface area contributed by atoms with Gasteiger partial charge in [0.15, 0.2) is 0 Å². The molecule has 0 aliphatic heterocycles. The van der Waals surface area contributed by atoms with Crippen molar-refractivity contribution in [3.63, 3.8) is 0 Å². The van der Waals surface area contributed by atoms with Gasteiger partial charge in [-0.25, -0.2) is 4.39 Å². The van der Waals surface area contributed by atoms with Gasteiger partial charge < -0.3 is 4.74 Å². The quantitative estimate of drug-likeness (QED) is 0.218. The average molecular weight is 520 g/mol. The molecule has 1 unspecified atom stereocenters. The van der Waals surface area contributed by atoms with Crippen LogP contribution < -0.4 is 0 Å². The molecule has 1 atom stereocenters. The van der Waals surface area contributed by atoms with E-state index in [0.717, 1.165) is 16.9 Å². The summed E-state index contributed by atoms with van der Waals surface area (Å²) in [6, 6.07) is 15.6. The number of unbranched alkanes of at least 4 members (excludes halogenated alkanes) is 2. The minimum atomic E-state index is -5.85. The van der Waals surface area contributed by atoms with Crippen LogP contribution in [0, 0.1) is 0 Å². The summed E-state index contributed by atoms with van der Waals surface area (Å²) in [7, 11) is -5.50. The SMILES string of the molecule is CCCC[S+](CCCC)Cc1cccc(-c2cccc(COCC(F)C(F)(F)S(=O)(=O)O)c2)c1. The second-order valence-electron chi connectivity index (χ2n) is 8.29.